The van der Waals surface area contributed by atoms with Gasteiger partial charge in [-0.3, -0.25) is 14.6 Å². The van der Waals surface area contributed by atoms with E-state index in [1.54, 1.807) is 18.3 Å². The van der Waals surface area contributed by atoms with Crippen molar-refractivity contribution in [1.82, 2.24) is 14.8 Å². The Bertz CT molecular complexity index is 559. The molecule has 0 unspecified atom stereocenters. The molecule has 0 radical (unpaired) electrons. The second-order valence-corrected chi connectivity index (χ2v) is 6.49. The molecule has 23 heavy (non-hydrogen) atoms. The minimum atomic E-state index is -0.0415. The Hall–Kier alpha value is -1.91. The van der Waals surface area contributed by atoms with Gasteiger partial charge in [0.2, 0.25) is 0 Å². The van der Waals surface area contributed by atoms with E-state index in [0.29, 0.717) is 11.3 Å². The van der Waals surface area contributed by atoms with Gasteiger partial charge in [-0.2, -0.15) is 0 Å². The van der Waals surface area contributed by atoms with E-state index < -0.39 is 0 Å². The summed E-state index contributed by atoms with van der Waals surface area (Å²) in [6.07, 6.45) is 9.39. The van der Waals surface area contributed by atoms with Gasteiger partial charge in [-0.15, -0.1) is 0 Å². The molecule has 5 heteroatoms. The van der Waals surface area contributed by atoms with E-state index in [1.165, 1.54) is 19.3 Å². The monoisotopic (exact) mass is 315 g/mol. The third-order valence-electron chi connectivity index (χ3n) is 4.76. The predicted octanol–water partition coefficient (Wildman–Crippen LogP) is 2.72. The molecular weight excluding hydrogens is 290 g/mol. The molecule has 124 valence electrons. The SMILES string of the molecule is O=C(c1ccnc(C(=O)N2CCCCCC2)c1)N1CCCCC1. The zero-order valence-corrected chi connectivity index (χ0v) is 13.7. The average Bonchev–Trinajstić information content (AvgIpc) is 2.91. The molecule has 5 nitrogen and oxygen atoms in total. The van der Waals surface area contributed by atoms with Gasteiger partial charge in [0.1, 0.15) is 5.69 Å². The van der Waals surface area contributed by atoms with Crippen molar-refractivity contribution < 1.29 is 9.59 Å². The van der Waals surface area contributed by atoms with E-state index >= 15 is 0 Å². The summed E-state index contributed by atoms with van der Waals surface area (Å²) in [7, 11) is 0. The molecule has 0 aromatic carbocycles. The molecule has 3 heterocycles. The van der Waals surface area contributed by atoms with Crippen LogP contribution in [0.4, 0.5) is 0 Å². The number of carbonyl (C=O) groups excluding carboxylic acids is 2. The van der Waals surface area contributed by atoms with Gasteiger partial charge in [-0.1, -0.05) is 12.8 Å². The summed E-state index contributed by atoms with van der Waals surface area (Å²) < 4.78 is 0. The lowest BCUT2D eigenvalue weighted by Crippen LogP contribution is -2.36. The van der Waals surface area contributed by atoms with Crippen LogP contribution in [0.25, 0.3) is 0 Å². The van der Waals surface area contributed by atoms with Crippen molar-refractivity contribution in [2.24, 2.45) is 0 Å². The van der Waals surface area contributed by atoms with Crippen molar-refractivity contribution in [2.75, 3.05) is 26.2 Å². The maximum absolute atomic E-state index is 12.6. The predicted molar refractivity (Wildman–Crippen MR) is 88.4 cm³/mol. The highest BCUT2D eigenvalue weighted by molar-refractivity contribution is 5.98. The molecule has 0 saturated carbocycles. The minimum Gasteiger partial charge on any atom is -0.339 e. The van der Waals surface area contributed by atoms with Gasteiger partial charge in [-0.05, 0) is 44.2 Å². The first-order valence-corrected chi connectivity index (χ1v) is 8.80. The zero-order valence-electron chi connectivity index (χ0n) is 13.7. The molecule has 3 rings (SSSR count). The molecule has 2 fully saturated rings. The Morgan fingerprint density at radius 3 is 1.91 bits per heavy atom. The topological polar surface area (TPSA) is 53.5 Å². The summed E-state index contributed by atoms with van der Waals surface area (Å²) in [5.74, 6) is -0.0165. The number of pyridine rings is 1. The highest BCUT2D eigenvalue weighted by atomic mass is 16.2. The van der Waals surface area contributed by atoms with E-state index in [9.17, 15) is 9.59 Å². The van der Waals surface area contributed by atoms with Crippen LogP contribution in [0.15, 0.2) is 18.3 Å². The van der Waals surface area contributed by atoms with Crippen LogP contribution >= 0.6 is 0 Å². The Balaban J connectivity index is 1.73. The third-order valence-corrected chi connectivity index (χ3v) is 4.76. The van der Waals surface area contributed by atoms with Crippen molar-refractivity contribution >= 4 is 11.8 Å². The van der Waals surface area contributed by atoms with E-state index in [-0.39, 0.29) is 11.8 Å². The maximum atomic E-state index is 12.6. The van der Waals surface area contributed by atoms with Gasteiger partial charge in [0.25, 0.3) is 11.8 Å². The molecule has 1 aromatic rings. The number of hydrogen-bond donors (Lipinski definition) is 0. The van der Waals surface area contributed by atoms with Crippen molar-refractivity contribution in [3.05, 3.63) is 29.6 Å². The molecule has 0 N–H and O–H groups in total. The van der Waals surface area contributed by atoms with E-state index in [0.717, 1.165) is 51.9 Å². The summed E-state index contributed by atoms with van der Waals surface area (Å²) in [5, 5.41) is 0. The van der Waals surface area contributed by atoms with Crippen LogP contribution in [-0.4, -0.2) is 52.8 Å². The second kappa shape index (κ2) is 7.57. The number of rotatable bonds is 2. The number of carbonyl (C=O) groups is 2. The van der Waals surface area contributed by atoms with Crippen LogP contribution in [0.1, 0.15) is 65.8 Å². The Morgan fingerprint density at radius 1 is 0.783 bits per heavy atom. The fourth-order valence-corrected chi connectivity index (χ4v) is 3.40. The fraction of sp³-hybridized carbons (Fsp3) is 0.611. The van der Waals surface area contributed by atoms with Gasteiger partial charge < -0.3 is 9.80 Å². The summed E-state index contributed by atoms with van der Waals surface area (Å²) in [6, 6.07) is 3.39. The summed E-state index contributed by atoms with van der Waals surface area (Å²) >= 11 is 0. The molecule has 0 bridgehead atoms. The first-order chi connectivity index (χ1) is 11.3. The molecule has 2 amide bonds. The molecule has 2 saturated heterocycles. The number of piperidine rings is 1. The summed E-state index contributed by atoms with van der Waals surface area (Å²) in [5.41, 5.74) is 0.981. The van der Waals surface area contributed by atoms with Gasteiger partial charge in [0, 0.05) is 37.9 Å². The Morgan fingerprint density at radius 2 is 1.30 bits per heavy atom. The van der Waals surface area contributed by atoms with Crippen molar-refractivity contribution in [3.63, 3.8) is 0 Å². The highest BCUT2D eigenvalue weighted by Gasteiger charge is 2.22. The number of aromatic nitrogens is 1. The number of likely N-dealkylation sites (tertiary alicyclic amines) is 2. The van der Waals surface area contributed by atoms with Crippen molar-refractivity contribution in [2.45, 2.75) is 44.9 Å². The van der Waals surface area contributed by atoms with Crippen molar-refractivity contribution in [3.8, 4) is 0 Å². The van der Waals surface area contributed by atoms with Crippen LogP contribution in [0.2, 0.25) is 0 Å². The lowest BCUT2D eigenvalue weighted by Gasteiger charge is -2.27. The average molecular weight is 315 g/mol. The quantitative estimate of drug-likeness (QED) is 0.843. The fourth-order valence-electron chi connectivity index (χ4n) is 3.40. The molecule has 0 spiro atoms. The van der Waals surface area contributed by atoms with Crippen LogP contribution in [0, 0.1) is 0 Å². The highest BCUT2D eigenvalue weighted by Crippen LogP contribution is 2.16. The minimum absolute atomic E-state index is 0.0250. The van der Waals surface area contributed by atoms with Gasteiger partial charge in [0.05, 0.1) is 0 Å². The van der Waals surface area contributed by atoms with E-state index in [4.69, 9.17) is 0 Å². The Kier molecular flexibility index (Phi) is 5.26. The maximum Gasteiger partial charge on any atom is 0.272 e. The summed E-state index contributed by atoms with van der Waals surface area (Å²) in [4.78, 5) is 33.2. The van der Waals surface area contributed by atoms with Crippen LogP contribution in [0.3, 0.4) is 0 Å². The van der Waals surface area contributed by atoms with Gasteiger partial charge >= 0.3 is 0 Å². The van der Waals surface area contributed by atoms with Gasteiger partial charge in [-0.25, -0.2) is 0 Å². The number of nitrogens with zero attached hydrogens (tertiary/aromatic N) is 3. The first kappa shape index (κ1) is 16.0. The molecular formula is C18H25N3O2. The molecule has 2 aliphatic heterocycles. The van der Waals surface area contributed by atoms with Crippen LogP contribution in [0.5, 0.6) is 0 Å². The lowest BCUT2D eigenvalue weighted by molar-refractivity contribution is 0.0724. The van der Waals surface area contributed by atoms with Crippen molar-refractivity contribution in [1.29, 1.82) is 0 Å². The zero-order chi connectivity index (χ0) is 16.1. The number of amides is 2. The first-order valence-electron chi connectivity index (χ1n) is 8.80. The smallest absolute Gasteiger partial charge is 0.272 e. The molecule has 2 aliphatic rings. The second-order valence-electron chi connectivity index (χ2n) is 6.49. The normalized spacial score (nSPS) is 19.3. The standard InChI is InChI=1S/C18H25N3O2/c22-17(20-10-6-3-7-11-20)15-8-9-19-16(14-15)18(23)21-12-4-1-2-5-13-21/h8-9,14H,1-7,10-13H2. The molecule has 0 aliphatic carbocycles. The van der Waals surface area contributed by atoms with Gasteiger partial charge in [0.15, 0.2) is 0 Å². The molecule has 1 aromatic heterocycles. The van der Waals surface area contributed by atoms with E-state index in [2.05, 4.69) is 4.98 Å². The van der Waals surface area contributed by atoms with E-state index in [1.807, 2.05) is 9.80 Å². The van der Waals surface area contributed by atoms with Crippen LogP contribution in [-0.2, 0) is 0 Å². The summed E-state index contributed by atoms with van der Waals surface area (Å²) in [6.45, 7) is 3.22. The Labute approximate surface area is 137 Å². The lowest BCUT2D eigenvalue weighted by atomic mass is 10.1. The molecule has 0 atom stereocenters. The largest absolute Gasteiger partial charge is 0.339 e. The third kappa shape index (κ3) is 3.89. The van der Waals surface area contributed by atoms with Crippen LogP contribution < -0.4 is 0 Å². The number of hydrogen-bond acceptors (Lipinski definition) is 3.